The second-order valence-corrected chi connectivity index (χ2v) is 8.37. The van der Waals surface area contributed by atoms with Crippen LogP contribution in [0.1, 0.15) is 26.3 Å². The van der Waals surface area contributed by atoms with Crippen LogP contribution in [0.5, 0.6) is 0 Å². The van der Waals surface area contributed by atoms with Gasteiger partial charge in [-0.25, -0.2) is 9.97 Å². The summed E-state index contributed by atoms with van der Waals surface area (Å²) in [5.41, 5.74) is 12.9. The van der Waals surface area contributed by atoms with Crippen molar-refractivity contribution in [2.75, 3.05) is 11.1 Å². The Labute approximate surface area is 162 Å². The first-order chi connectivity index (χ1) is 12.9. The van der Waals surface area contributed by atoms with Crippen LogP contribution in [0.3, 0.4) is 0 Å². The van der Waals surface area contributed by atoms with Gasteiger partial charge in [-0.3, -0.25) is 0 Å². The third-order valence-corrected chi connectivity index (χ3v) is 5.19. The highest BCUT2D eigenvalue weighted by molar-refractivity contribution is 7.16. The Balaban J connectivity index is 1.64. The highest BCUT2D eigenvalue weighted by Gasteiger charge is 2.14. The summed E-state index contributed by atoms with van der Waals surface area (Å²) in [4.78, 5) is 13.0. The van der Waals surface area contributed by atoms with Gasteiger partial charge in [-0.05, 0) is 29.2 Å². The van der Waals surface area contributed by atoms with Crippen LogP contribution in [0, 0.1) is 0 Å². The zero-order chi connectivity index (χ0) is 19.0. The van der Waals surface area contributed by atoms with E-state index in [1.54, 1.807) is 11.3 Å². The number of anilines is 3. The fourth-order valence-corrected chi connectivity index (χ4v) is 3.62. The lowest BCUT2D eigenvalue weighted by atomic mass is 9.86. The maximum atomic E-state index is 5.95. The van der Waals surface area contributed by atoms with Gasteiger partial charge in [0.05, 0.1) is 21.4 Å². The highest BCUT2D eigenvalue weighted by Crippen LogP contribution is 2.28. The number of nitrogen functional groups attached to an aromatic ring is 1. The van der Waals surface area contributed by atoms with Crippen molar-refractivity contribution in [3.63, 3.8) is 0 Å². The molecule has 0 spiro atoms. The van der Waals surface area contributed by atoms with E-state index in [9.17, 15) is 0 Å². The van der Waals surface area contributed by atoms with Crippen molar-refractivity contribution in [3.05, 3.63) is 59.6 Å². The van der Waals surface area contributed by atoms with Crippen molar-refractivity contribution in [1.82, 2.24) is 15.0 Å². The van der Waals surface area contributed by atoms with Crippen molar-refractivity contribution < 1.29 is 0 Å². The Kier molecular flexibility index (Phi) is 4.28. The quantitative estimate of drug-likeness (QED) is 0.503. The number of hydrogen-bond donors (Lipinski definition) is 2. The monoisotopic (exact) mass is 375 g/mol. The Morgan fingerprint density at radius 3 is 2.48 bits per heavy atom. The number of hydrogen-bond acceptors (Lipinski definition) is 6. The lowest BCUT2D eigenvalue weighted by Gasteiger charge is -2.19. The average molecular weight is 376 g/mol. The lowest BCUT2D eigenvalue weighted by Crippen LogP contribution is -2.10. The van der Waals surface area contributed by atoms with Crippen LogP contribution in [-0.2, 0) is 5.41 Å². The van der Waals surface area contributed by atoms with Crippen LogP contribution in [0.2, 0.25) is 0 Å². The molecule has 0 aliphatic rings. The fourth-order valence-electron chi connectivity index (χ4n) is 2.90. The Morgan fingerprint density at radius 1 is 0.963 bits per heavy atom. The van der Waals surface area contributed by atoms with Crippen LogP contribution in [-0.4, -0.2) is 15.0 Å². The molecule has 4 aromatic rings. The summed E-state index contributed by atoms with van der Waals surface area (Å²) in [6.07, 6.45) is 0. The minimum absolute atomic E-state index is 0.116. The predicted molar refractivity (Wildman–Crippen MR) is 113 cm³/mol. The molecule has 2 heterocycles. The van der Waals surface area contributed by atoms with Crippen molar-refractivity contribution >= 4 is 39.0 Å². The van der Waals surface area contributed by atoms with E-state index in [0.717, 1.165) is 27.2 Å². The molecule has 0 radical (unpaired) electrons. The van der Waals surface area contributed by atoms with Gasteiger partial charge in [0.1, 0.15) is 5.82 Å². The number of nitrogens with zero attached hydrogens (tertiary/aromatic N) is 3. The summed E-state index contributed by atoms with van der Waals surface area (Å²) in [6, 6.07) is 16.4. The number of nitrogens with one attached hydrogen (secondary N) is 1. The van der Waals surface area contributed by atoms with Gasteiger partial charge in [0.2, 0.25) is 5.95 Å². The Morgan fingerprint density at radius 2 is 1.74 bits per heavy atom. The smallest absolute Gasteiger partial charge is 0.222 e. The van der Waals surface area contributed by atoms with E-state index in [4.69, 9.17) is 5.73 Å². The maximum Gasteiger partial charge on any atom is 0.222 e. The van der Waals surface area contributed by atoms with E-state index in [0.29, 0.717) is 5.82 Å². The van der Waals surface area contributed by atoms with Crippen molar-refractivity contribution in [3.8, 4) is 11.3 Å². The van der Waals surface area contributed by atoms with E-state index in [2.05, 4.69) is 71.4 Å². The highest BCUT2D eigenvalue weighted by atomic mass is 32.1. The second-order valence-electron chi connectivity index (χ2n) is 7.48. The van der Waals surface area contributed by atoms with Gasteiger partial charge in [0, 0.05) is 17.3 Å². The number of thiazole rings is 1. The molecule has 0 unspecified atom stereocenters. The summed E-state index contributed by atoms with van der Waals surface area (Å²) in [6.45, 7) is 6.60. The van der Waals surface area contributed by atoms with Gasteiger partial charge >= 0.3 is 0 Å². The molecular weight excluding hydrogens is 354 g/mol. The molecule has 0 saturated carbocycles. The number of benzene rings is 2. The normalized spacial score (nSPS) is 11.7. The molecule has 0 amide bonds. The van der Waals surface area contributed by atoms with E-state index >= 15 is 0 Å². The topological polar surface area (TPSA) is 76.7 Å². The molecule has 6 heteroatoms. The molecule has 5 nitrogen and oxygen atoms in total. The van der Waals surface area contributed by atoms with E-state index in [-0.39, 0.29) is 11.4 Å². The molecule has 0 aliphatic carbocycles. The minimum Gasteiger partial charge on any atom is -0.368 e. The van der Waals surface area contributed by atoms with Gasteiger partial charge in [0.15, 0.2) is 0 Å². The van der Waals surface area contributed by atoms with Crippen molar-refractivity contribution in [2.45, 2.75) is 26.2 Å². The summed E-state index contributed by atoms with van der Waals surface area (Å²) in [5.74, 6) is 0.912. The SMILES string of the molecule is CC(C)(C)c1ccc(-c2cc(Nc3ccc4ncsc4c3)nc(N)n2)cc1. The maximum absolute atomic E-state index is 5.95. The van der Waals surface area contributed by atoms with Crippen LogP contribution in [0.15, 0.2) is 54.0 Å². The minimum atomic E-state index is 0.116. The summed E-state index contributed by atoms with van der Waals surface area (Å²) in [7, 11) is 0. The van der Waals surface area contributed by atoms with Gasteiger partial charge < -0.3 is 11.1 Å². The van der Waals surface area contributed by atoms with Crippen molar-refractivity contribution in [1.29, 1.82) is 0 Å². The number of aromatic nitrogens is 3. The van der Waals surface area contributed by atoms with Gasteiger partial charge in [0.25, 0.3) is 0 Å². The molecule has 0 atom stereocenters. The largest absolute Gasteiger partial charge is 0.368 e. The van der Waals surface area contributed by atoms with Gasteiger partial charge in [-0.2, -0.15) is 4.98 Å². The second kappa shape index (κ2) is 6.63. The lowest BCUT2D eigenvalue weighted by molar-refractivity contribution is 0.590. The predicted octanol–water partition coefficient (Wildman–Crippen LogP) is 5.38. The summed E-state index contributed by atoms with van der Waals surface area (Å²) in [5, 5.41) is 3.32. The van der Waals surface area contributed by atoms with E-state index < -0.39 is 0 Å². The molecule has 3 N–H and O–H groups in total. The van der Waals surface area contributed by atoms with Crippen LogP contribution in [0.4, 0.5) is 17.5 Å². The fraction of sp³-hybridized carbons (Fsp3) is 0.190. The number of nitrogens with two attached hydrogens (primary N) is 1. The van der Waals surface area contributed by atoms with E-state index in [1.807, 2.05) is 23.7 Å². The zero-order valence-electron chi connectivity index (χ0n) is 15.5. The first kappa shape index (κ1) is 17.4. The molecular formula is C21H21N5S. The first-order valence-electron chi connectivity index (χ1n) is 8.74. The van der Waals surface area contributed by atoms with Gasteiger partial charge in [-0.15, -0.1) is 11.3 Å². The average Bonchev–Trinajstić information content (AvgIpc) is 3.08. The number of fused-ring (bicyclic) bond motifs is 1. The molecule has 0 aliphatic heterocycles. The summed E-state index contributed by atoms with van der Waals surface area (Å²) >= 11 is 1.61. The third-order valence-electron chi connectivity index (χ3n) is 4.39. The van der Waals surface area contributed by atoms with Gasteiger partial charge in [-0.1, -0.05) is 45.0 Å². The molecule has 136 valence electrons. The van der Waals surface area contributed by atoms with Crippen LogP contribution in [0.25, 0.3) is 21.5 Å². The molecule has 0 bridgehead atoms. The molecule has 0 fully saturated rings. The van der Waals surface area contributed by atoms with Crippen molar-refractivity contribution in [2.24, 2.45) is 0 Å². The molecule has 2 aromatic heterocycles. The zero-order valence-corrected chi connectivity index (χ0v) is 16.3. The molecule has 4 rings (SSSR count). The van der Waals surface area contributed by atoms with E-state index in [1.165, 1.54) is 5.56 Å². The van der Waals surface area contributed by atoms with Crippen LogP contribution < -0.4 is 11.1 Å². The molecule has 27 heavy (non-hydrogen) atoms. The first-order valence-corrected chi connectivity index (χ1v) is 9.62. The Bertz CT molecular complexity index is 1090. The summed E-state index contributed by atoms with van der Waals surface area (Å²) < 4.78 is 1.13. The standard InChI is InChI=1S/C21H21N5S/c1-21(2,3)14-6-4-13(5-7-14)17-11-19(26-20(22)25-17)24-15-8-9-16-18(10-15)27-12-23-16/h4-12H,1-3H3,(H3,22,24,25,26). The van der Waals surface area contributed by atoms with Crippen LogP contribution >= 0.6 is 11.3 Å². The third kappa shape index (κ3) is 3.75. The number of rotatable bonds is 3. The Hall–Kier alpha value is -2.99. The molecule has 0 saturated heterocycles. The molecule has 2 aromatic carbocycles.